The van der Waals surface area contributed by atoms with Crippen LogP contribution in [0.5, 0.6) is 5.75 Å². The third-order valence-electron chi connectivity index (χ3n) is 4.85. The van der Waals surface area contributed by atoms with E-state index >= 15 is 0 Å². The van der Waals surface area contributed by atoms with Crippen LogP contribution >= 0.6 is 11.3 Å². The quantitative estimate of drug-likeness (QED) is 0.521. The molecule has 152 valence electrons. The molecule has 4 rings (SSSR count). The average molecular weight is 420 g/mol. The molecule has 4 aromatic rings. The number of carbonyl (C=O) groups excluding carboxylic acids is 1. The van der Waals surface area contributed by atoms with E-state index in [9.17, 15) is 9.59 Å². The van der Waals surface area contributed by atoms with Gasteiger partial charge in [-0.15, -0.1) is 11.3 Å². The van der Waals surface area contributed by atoms with Crippen LogP contribution in [0.15, 0.2) is 59.0 Å². The number of amides is 1. The zero-order chi connectivity index (χ0) is 21.3. The van der Waals surface area contributed by atoms with Crippen molar-refractivity contribution in [3.05, 3.63) is 75.7 Å². The summed E-state index contributed by atoms with van der Waals surface area (Å²) in [7, 11) is 1.55. The van der Waals surface area contributed by atoms with Crippen LogP contribution in [0.25, 0.3) is 21.3 Å². The van der Waals surface area contributed by atoms with Crippen molar-refractivity contribution in [2.75, 3.05) is 12.4 Å². The second kappa shape index (κ2) is 8.12. The number of hydrogen-bond donors (Lipinski definition) is 1. The predicted octanol–water partition coefficient (Wildman–Crippen LogP) is 4.39. The number of aryl methyl sites for hydroxylation is 2. The van der Waals surface area contributed by atoms with Gasteiger partial charge in [0.2, 0.25) is 5.91 Å². The molecule has 0 saturated heterocycles. The highest BCUT2D eigenvalue weighted by Crippen LogP contribution is 2.31. The Morgan fingerprint density at radius 3 is 2.60 bits per heavy atom. The summed E-state index contributed by atoms with van der Waals surface area (Å²) in [6, 6.07) is 13.6. The Bertz CT molecular complexity index is 1290. The van der Waals surface area contributed by atoms with Crippen LogP contribution in [0.2, 0.25) is 0 Å². The standard InChI is InChI=1S/C23H21N3O3S/c1-14-4-7-16(8-5-14)17-12-30-22-21(17)24-13-26(23(22)28)11-20(27)25-18-10-15(2)6-9-19(18)29-3/h4-10,12-13H,11H2,1-3H3,(H,25,27). The topological polar surface area (TPSA) is 73.2 Å². The third-order valence-corrected chi connectivity index (χ3v) is 5.81. The first-order valence-corrected chi connectivity index (χ1v) is 10.3. The number of anilines is 1. The molecule has 0 bridgehead atoms. The van der Waals surface area contributed by atoms with Gasteiger partial charge in [-0.3, -0.25) is 14.2 Å². The van der Waals surface area contributed by atoms with Gasteiger partial charge in [0.05, 0.1) is 24.6 Å². The van der Waals surface area contributed by atoms with Crippen molar-refractivity contribution in [1.29, 1.82) is 0 Å². The second-order valence-electron chi connectivity index (χ2n) is 7.12. The van der Waals surface area contributed by atoms with E-state index in [1.807, 2.05) is 55.6 Å². The molecule has 0 fully saturated rings. The maximum absolute atomic E-state index is 12.9. The number of ether oxygens (including phenoxy) is 1. The van der Waals surface area contributed by atoms with Crippen molar-refractivity contribution in [3.63, 3.8) is 0 Å². The van der Waals surface area contributed by atoms with Crippen LogP contribution in [0.4, 0.5) is 5.69 Å². The van der Waals surface area contributed by atoms with Crippen molar-refractivity contribution in [3.8, 4) is 16.9 Å². The van der Waals surface area contributed by atoms with Gasteiger partial charge in [-0.05, 0) is 37.1 Å². The first-order chi connectivity index (χ1) is 14.5. The molecule has 2 aromatic heterocycles. The molecule has 1 N–H and O–H groups in total. The van der Waals surface area contributed by atoms with E-state index < -0.39 is 0 Å². The molecule has 2 aromatic carbocycles. The molecule has 6 nitrogen and oxygen atoms in total. The number of thiophene rings is 1. The number of fused-ring (bicyclic) bond motifs is 1. The maximum atomic E-state index is 12.9. The molecule has 2 heterocycles. The Balaban J connectivity index is 1.60. The highest BCUT2D eigenvalue weighted by Gasteiger charge is 2.15. The average Bonchev–Trinajstić information content (AvgIpc) is 3.16. The van der Waals surface area contributed by atoms with Crippen molar-refractivity contribution in [2.24, 2.45) is 0 Å². The van der Waals surface area contributed by atoms with E-state index in [1.165, 1.54) is 27.8 Å². The summed E-state index contributed by atoms with van der Waals surface area (Å²) in [4.78, 5) is 30.0. The van der Waals surface area contributed by atoms with Gasteiger partial charge in [0, 0.05) is 10.9 Å². The summed E-state index contributed by atoms with van der Waals surface area (Å²) in [5, 5.41) is 4.75. The van der Waals surface area contributed by atoms with E-state index in [0.717, 1.165) is 16.7 Å². The van der Waals surface area contributed by atoms with Gasteiger partial charge >= 0.3 is 0 Å². The summed E-state index contributed by atoms with van der Waals surface area (Å²) < 4.78 is 7.16. The molecule has 30 heavy (non-hydrogen) atoms. The number of nitrogens with one attached hydrogen (secondary N) is 1. The predicted molar refractivity (Wildman–Crippen MR) is 120 cm³/mol. The first-order valence-electron chi connectivity index (χ1n) is 9.44. The van der Waals surface area contributed by atoms with Crippen molar-refractivity contribution >= 4 is 33.1 Å². The normalized spacial score (nSPS) is 10.9. The van der Waals surface area contributed by atoms with Gasteiger partial charge < -0.3 is 10.1 Å². The molecule has 0 aliphatic rings. The SMILES string of the molecule is COc1ccc(C)cc1NC(=O)Cn1cnc2c(-c3ccc(C)cc3)csc2c1=O. The van der Waals surface area contributed by atoms with E-state index in [4.69, 9.17) is 4.74 Å². The van der Waals surface area contributed by atoms with Crippen molar-refractivity contribution in [1.82, 2.24) is 9.55 Å². The summed E-state index contributed by atoms with van der Waals surface area (Å²) >= 11 is 1.35. The summed E-state index contributed by atoms with van der Waals surface area (Å²) in [6.07, 6.45) is 1.43. The molecule has 0 unspecified atom stereocenters. The molecule has 0 aliphatic carbocycles. The lowest BCUT2D eigenvalue weighted by atomic mass is 10.1. The van der Waals surface area contributed by atoms with E-state index in [0.29, 0.717) is 21.7 Å². The van der Waals surface area contributed by atoms with Crippen LogP contribution in [0.1, 0.15) is 11.1 Å². The minimum Gasteiger partial charge on any atom is -0.495 e. The minimum atomic E-state index is -0.322. The smallest absolute Gasteiger partial charge is 0.271 e. The Kier molecular flexibility index (Phi) is 5.37. The molecule has 0 saturated carbocycles. The van der Waals surface area contributed by atoms with Gasteiger partial charge in [-0.1, -0.05) is 35.9 Å². The summed E-state index contributed by atoms with van der Waals surface area (Å²) in [6.45, 7) is 3.83. The van der Waals surface area contributed by atoms with Gasteiger partial charge in [-0.2, -0.15) is 0 Å². The largest absolute Gasteiger partial charge is 0.495 e. The van der Waals surface area contributed by atoms with Gasteiger partial charge in [-0.25, -0.2) is 4.98 Å². The fourth-order valence-electron chi connectivity index (χ4n) is 3.26. The van der Waals surface area contributed by atoms with E-state index in [2.05, 4.69) is 10.3 Å². The second-order valence-corrected chi connectivity index (χ2v) is 8.00. The number of carbonyl (C=O) groups is 1. The van der Waals surface area contributed by atoms with Crippen LogP contribution in [-0.2, 0) is 11.3 Å². The van der Waals surface area contributed by atoms with E-state index in [-0.39, 0.29) is 18.0 Å². The van der Waals surface area contributed by atoms with Gasteiger partial charge in [0.1, 0.15) is 17.0 Å². The van der Waals surface area contributed by atoms with Crippen LogP contribution < -0.4 is 15.6 Å². The third kappa shape index (κ3) is 3.84. The molecule has 7 heteroatoms. The molecule has 0 spiro atoms. The molecule has 1 amide bonds. The van der Waals surface area contributed by atoms with E-state index in [1.54, 1.807) is 13.2 Å². The lowest BCUT2D eigenvalue weighted by Gasteiger charge is -2.11. The lowest BCUT2D eigenvalue weighted by molar-refractivity contribution is -0.116. The number of benzene rings is 2. The number of rotatable bonds is 5. The summed E-state index contributed by atoms with van der Waals surface area (Å²) in [5.74, 6) is 0.244. The highest BCUT2D eigenvalue weighted by atomic mass is 32.1. The Hall–Kier alpha value is -3.45. The number of nitrogens with zero attached hydrogens (tertiary/aromatic N) is 2. The Labute approximate surface area is 177 Å². The fourth-order valence-corrected chi connectivity index (χ4v) is 4.23. The fraction of sp³-hybridized carbons (Fsp3) is 0.174. The van der Waals surface area contributed by atoms with Crippen LogP contribution in [0, 0.1) is 13.8 Å². The highest BCUT2D eigenvalue weighted by molar-refractivity contribution is 7.17. The number of methoxy groups -OCH3 is 1. The molecule has 0 atom stereocenters. The molecular formula is C23H21N3O3S. The summed E-state index contributed by atoms with van der Waals surface area (Å²) in [5.41, 5.74) is 5.11. The maximum Gasteiger partial charge on any atom is 0.271 e. The first kappa shape index (κ1) is 19.8. The van der Waals surface area contributed by atoms with Crippen LogP contribution in [-0.4, -0.2) is 22.6 Å². The number of hydrogen-bond acceptors (Lipinski definition) is 5. The Morgan fingerprint density at radius 1 is 1.13 bits per heavy atom. The Morgan fingerprint density at radius 2 is 1.87 bits per heavy atom. The van der Waals surface area contributed by atoms with Gasteiger partial charge in [0.15, 0.2) is 0 Å². The lowest BCUT2D eigenvalue weighted by Crippen LogP contribution is -2.27. The zero-order valence-electron chi connectivity index (χ0n) is 16.9. The van der Waals surface area contributed by atoms with Crippen LogP contribution in [0.3, 0.4) is 0 Å². The van der Waals surface area contributed by atoms with Crippen molar-refractivity contribution in [2.45, 2.75) is 20.4 Å². The number of aromatic nitrogens is 2. The van der Waals surface area contributed by atoms with Crippen molar-refractivity contribution < 1.29 is 9.53 Å². The minimum absolute atomic E-state index is 0.128. The van der Waals surface area contributed by atoms with Gasteiger partial charge in [0.25, 0.3) is 5.56 Å². The molecule has 0 aliphatic heterocycles. The molecular weight excluding hydrogens is 398 g/mol. The zero-order valence-corrected chi connectivity index (χ0v) is 17.7. The monoisotopic (exact) mass is 419 g/mol. The molecule has 0 radical (unpaired) electrons.